The van der Waals surface area contributed by atoms with Crippen molar-refractivity contribution >= 4 is 31.9 Å². The number of nitrogens with one attached hydrogen (secondary N) is 1. The molecule has 0 aromatic heterocycles. The van der Waals surface area contributed by atoms with Gasteiger partial charge in [0, 0.05) is 13.1 Å². The highest BCUT2D eigenvalue weighted by molar-refractivity contribution is 9.11. The monoisotopic (exact) mass is 473 g/mol. The van der Waals surface area contributed by atoms with E-state index in [1.165, 1.54) is 16.7 Å². The van der Waals surface area contributed by atoms with Gasteiger partial charge in [-0.1, -0.05) is 60.2 Å². The average Bonchev–Trinajstić information content (AvgIpc) is 2.63. The van der Waals surface area contributed by atoms with E-state index in [4.69, 9.17) is 4.74 Å². The van der Waals surface area contributed by atoms with Crippen LogP contribution in [0.5, 0.6) is 5.75 Å². The number of hydrogen-bond acceptors (Lipinski definition) is 2. The van der Waals surface area contributed by atoms with Crippen LogP contribution in [-0.4, -0.2) is 0 Å². The van der Waals surface area contributed by atoms with Crippen LogP contribution in [0.4, 0.5) is 0 Å². The Morgan fingerprint density at radius 3 is 2.04 bits per heavy atom. The van der Waals surface area contributed by atoms with Gasteiger partial charge in [-0.05, 0) is 67.6 Å². The van der Waals surface area contributed by atoms with E-state index in [1.807, 2.05) is 18.2 Å². The average molecular weight is 475 g/mol. The maximum Gasteiger partial charge on any atom is 0.148 e. The molecule has 0 aliphatic heterocycles. The second-order valence-corrected chi connectivity index (χ2v) is 7.96. The van der Waals surface area contributed by atoms with Gasteiger partial charge in [-0.25, -0.2) is 0 Å². The van der Waals surface area contributed by atoms with Crippen LogP contribution in [0.15, 0.2) is 75.7 Å². The fraction of sp³-hybridized carbons (Fsp3) is 0.182. The molecule has 0 saturated carbocycles. The predicted molar refractivity (Wildman–Crippen MR) is 114 cm³/mol. The Morgan fingerprint density at radius 2 is 1.38 bits per heavy atom. The minimum absolute atomic E-state index is 0.545. The summed E-state index contributed by atoms with van der Waals surface area (Å²) in [5.74, 6) is 0.830. The first-order chi connectivity index (χ1) is 12.6. The van der Waals surface area contributed by atoms with Crippen molar-refractivity contribution in [2.75, 3.05) is 0 Å². The summed E-state index contributed by atoms with van der Waals surface area (Å²) < 4.78 is 7.89. The van der Waals surface area contributed by atoms with Crippen LogP contribution >= 0.6 is 31.9 Å². The minimum atomic E-state index is 0.545. The van der Waals surface area contributed by atoms with Gasteiger partial charge in [0.1, 0.15) is 12.4 Å². The summed E-state index contributed by atoms with van der Waals surface area (Å²) in [4.78, 5) is 0. The van der Waals surface area contributed by atoms with Crippen molar-refractivity contribution in [2.45, 2.75) is 26.6 Å². The number of aryl methyl sites for hydroxylation is 1. The van der Waals surface area contributed by atoms with E-state index < -0.39 is 0 Å². The van der Waals surface area contributed by atoms with Gasteiger partial charge < -0.3 is 10.1 Å². The SMILES string of the molecule is Cc1ccc(CNCc2cc(Br)c(OCc3ccccc3)c(Br)c2)cc1. The van der Waals surface area contributed by atoms with Gasteiger partial charge in [-0.2, -0.15) is 0 Å². The first kappa shape index (κ1) is 19.2. The predicted octanol–water partition coefficient (Wildman–Crippen LogP) is 6.39. The number of halogens is 2. The zero-order chi connectivity index (χ0) is 18.4. The van der Waals surface area contributed by atoms with Crippen LogP contribution in [0.1, 0.15) is 22.3 Å². The third kappa shape index (κ3) is 5.44. The lowest BCUT2D eigenvalue weighted by Gasteiger charge is -2.13. The minimum Gasteiger partial charge on any atom is -0.487 e. The second kappa shape index (κ2) is 9.36. The molecular formula is C22H21Br2NO. The van der Waals surface area contributed by atoms with Gasteiger partial charge in [-0.3, -0.25) is 0 Å². The topological polar surface area (TPSA) is 21.3 Å². The third-order valence-electron chi connectivity index (χ3n) is 4.06. The maximum atomic E-state index is 5.98. The van der Waals surface area contributed by atoms with E-state index >= 15 is 0 Å². The van der Waals surface area contributed by atoms with E-state index in [2.05, 4.69) is 92.6 Å². The van der Waals surface area contributed by atoms with Crippen molar-refractivity contribution in [1.29, 1.82) is 0 Å². The molecule has 134 valence electrons. The molecule has 26 heavy (non-hydrogen) atoms. The van der Waals surface area contributed by atoms with E-state index in [0.717, 1.165) is 33.3 Å². The number of hydrogen-bond donors (Lipinski definition) is 1. The van der Waals surface area contributed by atoms with Crippen LogP contribution in [0.3, 0.4) is 0 Å². The van der Waals surface area contributed by atoms with Crippen molar-refractivity contribution in [3.05, 3.63) is 97.9 Å². The smallest absolute Gasteiger partial charge is 0.148 e. The molecule has 3 aromatic carbocycles. The zero-order valence-electron chi connectivity index (χ0n) is 14.6. The summed E-state index contributed by atoms with van der Waals surface area (Å²) in [6.45, 7) is 4.29. The van der Waals surface area contributed by atoms with Crippen molar-refractivity contribution < 1.29 is 4.74 Å². The van der Waals surface area contributed by atoms with Crippen molar-refractivity contribution in [1.82, 2.24) is 5.32 Å². The van der Waals surface area contributed by atoms with E-state index in [-0.39, 0.29) is 0 Å². The molecule has 0 aliphatic rings. The molecule has 0 saturated heterocycles. The lowest BCUT2D eigenvalue weighted by molar-refractivity contribution is 0.302. The lowest BCUT2D eigenvalue weighted by Crippen LogP contribution is -2.12. The fourth-order valence-electron chi connectivity index (χ4n) is 2.64. The highest BCUT2D eigenvalue weighted by Gasteiger charge is 2.09. The summed E-state index contributed by atoms with van der Waals surface area (Å²) in [6.07, 6.45) is 0. The number of benzene rings is 3. The normalized spacial score (nSPS) is 10.7. The Hall–Kier alpha value is -1.62. The van der Waals surface area contributed by atoms with Crippen LogP contribution in [0.2, 0.25) is 0 Å². The molecule has 3 rings (SSSR count). The summed E-state index contributed by atoms with van der Waals surface area (Å²) in [7, 11) is 0. The Kier molecular flexibility index (Phi) is 6.89. The maximum absolute atomic E-state index is 5.98. The molecule has 0 spiro atoms. The van der Waals surface area contributed by atoms with Crippen LogP contribution in [-0.2, 0) is 19.7 Å². The Balaban J connectivity index is 1.58. The highest BCUT2D eigenvalue weighted by atomic mass is 79.9. The summed E-state index contributed by atoms with van der Waals surface area (Å²) in [5, 5.41) is 3.49. The molecule has 1 N–H and O–H groups in total. The largest absolute Gasteiger partial charge is 0.487 e. The second-order valence-electron chi connectivity index (χ2n) is 6.25. The zero-order valence-corrected chi connectivity index (χ0v) is 17.8. The summed E-state index contributed by atoms with van der Waals surface area (Å²) in [5.41, 5.74) is 4.92. The molecule has 4 heteroatoms. The number of ether oxygens (including phenoxy) is 1. The molecule has 0 bridgehead atoms. The molecule has 0 atom stereocenters. The third-order valence-corrected chi connectivity index (χ3v) is 5.24. The Bertz CT molecular complexity index is 825. The quantitative estimate of drug-likeness (QED) is 0.428. The molecular weight excluding hydrogens is 454 g/mol. The van der Waals surface area contributed by atoms with E-state index in [9.17, 15) is 0 Å². The molecule has 0 unspecified atom stereocenters. The van der Waals surface area contributed by atoms with Gasteiger partial charge in [0.05, 0.1) is 8.95 Å². The van der Waals surface area contributed by atoms with E-state index in [1.54, 1.807) is 0 Å². The molecule has 0 amide bonds. The summed E-state index contributed by atoms with van der Waals surface area (Å²) in [6, 6.07) is 23.0. The number of rotatable bonds is 7. The van der Waals surface area contributed by atoms with E-state index in [0.29, 0.717) is 6.61 Å². The van der Waals surface area contributed by atoms with Crippen molar-refractivity contribution in [3.63, 3.8) is 0 Å². The molecule has 0 heterocycles. The van der Waals surface area contributed by atoms with Gasteiger partial charge in [0.15, 0.2) is 0 Å². The molecule has 0 aliphatic carbocycles. The summed E-state index contributed by atoms with van der Waals surface area (Å²) >= 11 is 7.27. The Labute approximate surface area is 171 Å². The van der Waals surface area contributed by atoms with Crippen molar-refractivity contribution in [3.8, 4) is 5.75 Å². The van der Waals surface area contributed by atoms with Gasteiger partial charge >= 0.3 is 0 Å². The van der Waals surface area contributed by atoms with Gasteiger partial charge in [-0.15, -0.1) is 0 Å². The fourth-order valence-corrected chi connectivity index (χ4v) is 4.15. The van der Waals surface area contributed by atoms with Gasteiger partial charge in [0.2, 0.25) is 0 Å². The van der Waals surface area contributed by atoms with Crippen LogP contribution in [0, 0.1) is 6.92 Å². The van der Waals surface area contributed by atoms with Crippen molar-refractivity contribution in [2.24, 2.45) is 0 Å². The molecule has 0 fully saturated rings. The molecule has 2 nitrogen and oxygen atoms in total. The van der Waals surface area contributed by atoms with Crippen LogP contribution < -0.4 is 10.1 Å². The Morgan fingerprint density at radius 1 is 0.769 bits per heavy atom. The first-order valence-corrected chi connectivity index (χ1v) is 10.1. The highest BCUT2D eigenvalue weighted by Crippen LogP contribution is 2.35. The first-order valence-electron chi connectivity index (χ1n) is 8.53. The van der Waals surface area contributed by atoms with Crippen LogP contribution in [0.25, 0.3) is 0 Å². The standard InChI is InChI=1S/C22H21Br2NO/c1-16-7-9-17(10-8-16)13-25-14-19-11-20(23)22(21(24)12-19)26-15-18-5-3-2-4-6-18/h2-12,25H,13-15H2,1H3. The van der Waals surface area contributed by atoms with Gasteiger partial charge in [0.25, 0.3) is 0 Å². The molecule has 0 radical (unpaired) electrons. The molecule has 3 aromatic rings. The lowest BCUT2D eigenvalue weighted by atomic mass is 10.1.